The minimum Gasteiger partial charge on any atom is -0.466 e. The lowest BCUT2D eigenvalue weighted by Crippen LogP contribution is -2.38. The van der Waals surface area contributed by atoms with Gasteiger partial charge >= 0.3 is 5.97 Å². The Labute approximate surface area is 97.2 Å². The first kappa shape index (κ1) is 13.0. The summed E-state index contributed by atoms with van der Waals surface area (Å²) in [5.74, 6) is 0.0724. The third kappa shape index (κ3) is 3.82. The van der Waals surface area contributed by atoms with Crippen molar-refractivity contribution < 1.29 is 9.53 Å². The predicted molar refractivity (Wildman–Crippen MR) is 60.6 cm³/mol. The first-order valence-corrected chi connectivity index (χ1v) is 5.96. The van der Waals surface area contributed by atoms with Gasteiger partial charge in [-0.1, -0.05) is 0 Å². The number of esters is 1. The molecule has 4 nitrogen and oxygen atoms in total. The lowest BCUT2D eigenvalue weighted by Gasteiger charge is -2.31. The minimum absolute atomic E-state index is 0.0597. The molecule has 16 heavy (non-hydrogen) atoms. The maximum atomic E-state index is 11.5. The average molecular weight is 224 g/mol. The minimum atomic E-state index is -0.0597. The molecular formula is C12H20N2O2. The van der Waals surface area contributed by atoms with Crippen molar-refractivity contribution in [1.29, 1.82) is 5.26 Å². The number of piperidine rings is 1. The number of likely N-dealkylation sites (tertiary alicyclic amines) is 1. The fraction of sp³-hybridized carbons (Fsp3) is 0.833. The predicted octanol–water partition coefficient (Wildman–Crippen LogP) is 1.42. The maximum Gasteiger partial charge on any atom is 0.309 e. The van der Waals surface area contributed by atoms with E-state index in [4.69, 9.17) is 10.00 Å². The summed E-state index contributed by atoms with van der Waals surface area (Å²) in [5, 5.41) is 8.72. The quantitative estimate of drug-likeness (QED) is 0.678. The maximum absolute atomic E-state index is 11.5. The number of hydrogen-bond acceptors (Lipinski definition) is 4. The number of hydrogen-bond donors (Lipinski definition) is 0. The van der Waals surface area contributed by atoms with Crippen molar-refractivity contribution in [3.8, 4) is 6.07 Å². The van der Waals surface area contributed by atoms with Gasteiger partial charge in [-0.25, -0.2) is 0 Å². The molecule has 1 aliphatic heterocycles. The van der Waals surface area contributed by atoms with Gasteiger partial charge in [0.15, 0.2) is 0 Å². The molecule has 0 aliphatic carbocycles. The standard InChI is InChI=1S/C12H20N2O2/c1-3-16-12(15)11-4-6-14(7-5-11)9-10(2)8-13/h10-11H,3-7,9H2,1-2H3. The molecule has 1 unspecified atom stereocenters. The molecule has 0 aromatic carbocycles. The summed E-state index contributed by atoms with van der Waals surface area (Å²) in [4.78, 5) is 13.7. The molecule has 90 valence electrons. The summed E-state index contributed by atoms with van der Waals surface area (Å²) in [7, 11) is 0. The number of nitriles is 1. The lowest BCUT2D eigenvalue weighted by atomic mass is 9.96. The van der Waals surface area contributed by atoms with Gasteiger partial charge in [-0.15, -0.1) is 0 Å². The van der Waals surface area contributed by atoms with Gasteiger partial charge in [0.25, 0.3) is 0 Å². The number of nitrogens with zero attached hydrogens (tertiary/aromatic N) is 2. The van der Waals surface area contributed by atoms with E-state index in [9.17, 15) is 4.79 Å². The second-order valence-corrected chi connectivity index (χ2v) is 4.36. The normalized spacial score (nSPS) is 20.1. The molecule has 1 saturated heterocycles. The van der Waals surface area contributed by atoms with E-state index in [0.717, 1.165) is 32.5 Å². The highest BCUT2D eigenvalue weighted by Crippen LogP contribution is 2.19. The van der Waals surface area contributed by atoms with Crippen molar-refractivity contribution in [3.05, 3.63) is 0 Å². The van der Waals surface area contributed by atoms with Gasteiger partial charge in [-0.3, -0.25) is 4.79 Å². The van der Waals surface area contributed by atoms with E-state index in [1.54, 1.807) is 0 Å². The van der Waals surface area contributed by atoms with Crippen LogP contribution in [0.15, 0.2) is 0 Å². The van der Waals surface area contributed by atoms with Crippen molar-refractivity contribution in [3.63, 3.8) is 0 Å². The van der Waals surface area contributed by atoms with Gasteiger partial charge in [0.1, 0.15) is 0 Å². The van der Waals surface area contributed by atoms with Crippen LogP contribution < -0.4 is 0 Å². The zero-order valence-corrected chi connectivity index (χ0v) is 10.1. The second kappa shape index (κ2) is 6.49. The van der Waals surface area contributed by atoms with Crippen molar-refractivity contribution in [2.45, 2.75) is 26.7 Å². The van der Waals surface area contributed by atoms with Crippen LogP contribution in [0.1, 0.15) is 26.7 Å². The Kier molecular flexibility index (Phi) is 5.27. The monoisotopic (exact) mass is 224 g/mol. The van der Waals surface area contributed by atoms with Crippen molar-refractivity contribution in [2.75, 3.05) is 26.2 Å². The molecule has 0 bridgehead atoms. The van der Waals surface area contributed by atoms with Crippen LogP contribution in [-0.2, 0) is 9.53 Å². The van der Waals surface area contributed by atoms with Crippen LogP contribution in [0.5, 0.6) is 0 Å². The first-order valence-electron chi connectivity index (χ1n) is 5.96. The Hall–Kier alpha value is -1.08. The van der Waals surface area contributed by atoms with E-state index in [2.05, 4.69) is 11.0 Å². The van der Waals surface area contributed by atoms with Crippen LogP contribution in [0.3, 0.4) is 0 Å². The molecule has 0 amide bonds. The Morgan fingerprint density at radius 2 is 2.19 bits per heavy atom. The number of carbonyl (C=O) groups is 1. The van der Waals surface area contributed by atoms with Gasteiger partial charge < -0.3 is 9.64 Å². The van der Waals surface area contributed by atoms with E-state index >= 15 is 0 Å². The van der Waals surface area contributed by atoms with Crippen molar-refractivity contribution >= 4 is 5.97 Å². The Morgan fingerprint density at radius 3 is 2.69 bits per heavy atom. The van der Waals surface area contributed by atoms with Gasteiger partial charge in [0.05, 0.1) is 24.5 Å². The van der Waals surface area contributed by atoms with E-state index in [0.29, 0.717) is 6.61 Å². The highest BCUT2D eigenvalue weighted by Gasteiger charge is 2.26. The Bertz CT molecular complexity index is 265. The largest absolute Gasteiger partial charge is 0.466 e. The molecule has 1 heterocycles. The van der Waals surface area contributed by atoms with Crippen LogP contribution in [0.25, 0.3) is 0 Å². The summed E-state index contributed by atoms with van der Waals surface area (Å²) in [6.07, 6.45) is 1.72. The second-order valence-electron chi connectivity index (χ2n) is 4.36. The SMILES string of the molecule is CCOC(=O)C1CCN(CC(C)C#N)CC1. The molecule has 0 aromatic rings. The van der Waals surface area contributed by atoms with E-state index in [-0.39, 0.29) is 17.8 Å². The Morgan fingerprint density at radius 1 is 1.56 bits per heavy atom. The number of rotatable bonds is 4. The zero-order valence-electron chi connectivity index (χ0n) is 10.1. The fourth-order valence-electron chi connectivity index (χ4n) is 2.04. The third-order valence-electron chi connectivity index (χ3n) is 2.96. The molecule has 1 aliphatic rings. The van der Waals surface area contributed by atoms with Gasteiger partial charge in [0.2, 0.25) is 0 Å². The van der Waals surface area contributed by atoms with Crippen LogP contribution in [0, 0.1) is 23.2 Å². The van der Waals surface area contributed by atoms with Crippen LogP contribution >= 0.6 is 0 Å². The molecule has 4 heteroatoms. The van der Waals surface area contributed by atoms with E-state index < -0.39 is 0 Å². The topological polar surface area (TPSA) is 53.3 Å². The molecule has 1 atom stereocenters. The summed E-state index contributed by atoms with van der Waals surface area (Å²) < 4.78 is 5.01. The molecule has 0 radical (unpaired) electrons. The summed E-state index contributed by atoms with van der Waals surface area (Å²) in [5.41, 5.74) is 0. The van der Waals surface area contributed by atoms with Crippen LogP contribution in [0.4, 0.5) is 0 Å². The summed E-state index contributed by atoms with van der Waals surface area (Å²) >= 11 is 0. The molecule has 1 fully saturated rings. The first-order chi connectivity index (χ1) is 7.67. The smallest absolute Gasteiger partial charge is 0.309 e. The van der Waals surface area contributed by atoms with E-state index in [1.807, 2.05) is 13.8 Å². The average Bonchev–Trinajstić information content (AvgIpc) is 2.30. The van der Waals surface area contributed by atoms with E-state index in [1.165, 1.54) is 0 Å². The highest BCUT2D eigenvalue weighted by atomic mass is 16.5. The highest BCUT2D eigenvalue weighted by molar-refractivity contribution is 5.72. The molecule has 0 spiro atoms. The van der Waals surface area contributed by atoms with Gasteiger partial charge in [-0.05, 0) is 39.8 Å². The molecule has 0 saturated carbocycles. The molecule has 0 N–H and O–H groups in total. The van der Waals surface area contributed by atoms with Crippen LogP contribution in [0.2, 0.25) is 0 Å². The molecule has 0 aromatic heterocycles. The number of carbonyl (C=O) groups excluding carboxylic acids is 1. The molecular weight excluding hydrogens is 204 g/mol. The lowest BCUT2D eigenvalue weighted by molar-refractivity contribution is -0.149. The van der Waals surface area contributed by atoms with Gasteiger partial charge in [-0.2, -0.15) is 5.26 Å². The zero-order chi connectivity index (χ0) is 12.0. The fourth-order valence-corrected chi connectivity index (χ4v) is 2.04. The third-order valence-corrected chi connectivity index (χ3v) is 2.96. The summed E-state index contributed by atoms with van der Waals surface area (Å²) in [6.45, 7) is 6.83. The van der Waals surface area contributed by atoms with Crippen molar-refractivity contribution in [1.82, 2.24) is 4.90 Å². The molecule has 1 rings (SSSR count). The Balaban J connectivity index is 2.29. The van der Waals surface area contributed by atoms with Gasteiger partial charge in [0, 0.05) is 6.54 Å². The summed E-state index contributed by atoms with van der Waals surface area (Å²) in [6, 6.07) is 2.23. The van der Waals surface area contributed by atoms with Crippen molar-refractivity contribution in [2.24, 2.45) is 11.8 Å². The van der Waals surface area contributed by atoms with Crippen LogP contribution in [-0.4, -0.2) is 37.1 Å². The number of ether oxygens (including phenoxy) is 1.